The van der Waals surface area contributed by atoms with Gasteiger partial charge in [0.15, 0.2) is 0 Å². The fourth-order valence-electron chi connectivity index (χ4n) is 3.80. The largest absolute Gasteiger partial charge is 0.271 e. The van der Waals surface area contributed by atoms with Crippen LogP contribution in [0.25, 0.3) is 0 Å². The summed E-state index contributed by atoms with van der Waals surface area (Å²) in [7, 11) is 0. The topological polar surface area (TPSA) is 38.0 Å². The monoisotopic (exact) mass is 296 g/mol. The SMILES string of the molecule is CCCCCCCCCCCC(CC1CCCCC1)NN. The van der Waals surface area contributed by atoms with Gasteiger partial charge in [-0.2, -0.15) is 0 Å². The van der Waals surface area contributed by atoms with Crippen LogP contribution in [0.1, 0.15) is 110 Å². The predicted molar refractivity (Wildman–Crippen MR) is 94.1 cm³/mol. The first-order chi connectivity index (χ1) is 10.4. The van der Waals surface area contributed by atoms with Gasteiger partial charge in [0.05, 0.1) is 0 Å². The Bertz CT molecular complexity index is 212. The summed E-state index contributed by atoms with van der Waals surface area (Å²) < 4.78 is 0. The summed E-state index contributed by atoms with van der Waals surface area (Å²) in [5.41, 5.74) is 3.07. The molecule has 0 aliphatic heterocycles. The van der Waals surface area contributed by atoms with E-state index in [1.54, 1.807) is 0 Å². The molecule has 0 aromatic rings. The van der Waals surface area contributed by atoms with Crippen molar-refractivity contribution in [1.82, 2.24) is 5.43 Å². The normalized spacial score (nSPS) is 18.0. The summed E-state index contributed by atoms with van der Waals surface area (Å²) in [6.07, 6.45) is 22.5. The van der Waals surface area contributed by atoms with Crippen molar-refractivity contribution in [2.75, 3.05) is 0 Å². The Balaban J connectivity index is 1.91. The third kappa shape index (κ3) is 10.3. The molecule has 0 saturated heterocycles. The van der Waals surface area contributed by atoms with Gasteiger partial charge in [-0.1, -0.05) is 96.8 Å². The maximum atomic E-state index is 5.75. The number of hydrogen-bond acceptors (Lipinski definition) is 2. The number of rotatable bonds is 13. The van der Waals surface area contributed by atoms with Gasteiger partial charge in [0.1, 0.15) is 0 Å². The molecule has 2 nitrogen and oxygen atoms in total. The zero-order chi connectivity index (χ0) is 15.2. The van der Waals surface area contributed by atoms with Gasteiger partial charge in [-0.3, -0.25) is 11.3 Å². The first-order valence-electron chi connectivity index (χ1n) is 9.83. The van der Waals surface area contributed by atoms with E-state index in [9.17, 15) is 0 Å². The van der Waals surface area contributed by atoms with Crippen LogP contribution in [-0.4, -0.2) is 6.04 Å². The molecule has 0 heterocycles. The van der Waals surface area contributed by atoms with Gasteiger partial charge in [0.2, 0.25) is 0 Å². The highest BCUT2D eigenvalue weighted by Gasteiger charge is 2.17. The van der Waals surface area contributed by atoms with Gasteiger partial charge in [0.25, 0.3) is 0 Å². The Kier molecular flexibility index (Phi) is 12.3. The van der Waals surface area contributed by atoms with Crippen molar-refractivity contribution in [3.63, 3.8) is 0 Å². The Morgan fingerprint density at radius 3 is 2.00 bits per heavy atom. The molecule has 1 aliphatic carbocycles. The molecule has 0 spiro atoms. The quantitative estimate of drug-likeness (QED) is 0.259. The molecule has 1 aliphatic rings. The fourth-order valence-corrected chi connectivity index (χ4v) is 3.80. The van der Waals surface area contributed by atoms with Crippen LogP contribution in [0, 0.1) is 5.92 Å². The molecule has 1 fully saturated rings. The van der Waals surface area contributed by atoms with E-state index in [1.807, 2.05) is 0 Å². The summed E-state index contributed by atoms with van der Waals surface area (Å²) in [5, 5.41) is 0. The van der Waals surface area contributed by atoms with E-state index >= 15 is 0 Å². The zero-order valence-corrected chi connectivity index (χ0v) is 14.5. The maximum Gasteiger partial charge on any atom is 0.0213 e. The van der Waals surface area contributed by atoms with E-state index in [0.717, 1.165) is 5.92 Å². The van der Waals surface area contributed by atoms with Crippen LogP contribution in [0.2, 0.25) is 0 Å². The minimum atomic E-state index is 0.567. The molecule has 0 amide bonds. The molecule has 1 rings (SSSR count). The van der Waals surface area contributed by atoms with Gasteiger partial charge in [-0.25, -0.2) is 0 Å². The van der Waals surface area contributed by atoms with Gasteiger partial charge in [-0.15, -0.1) is 0 Å². The predicted octanol–water partition coefficient (Wildman–Crippen LogP) is 5.71. The van der Waals surface area contributed by atoms with Crippen LogP contribution in [-0.2, 0) is 0 Å². The van der Waals surface area contributed by atoms with Crippen LogP contribution in [0.15, 0.2) is 0 Å². The lowest BCUT2D eigenvalue weighted by molar-refractivity contribution is 0.288. The smallest absolute Gasteiger partial charge is 0.0213 e. The van der Waals surface area contributed by atoms with Crippen molar-refractivity contribution in [2.45, 2.75) is 116 Å². The van der Waals surface area contributed by atoms with Crippen molar-refractivity contribution in [2.24, 2.45) is 11.8 Å². The molecule has 1 unspecified atom stereocenters. The first kappa shape index (κ1) is 19.0. The highest BCUT2D eigenvalue weighted by molar-refractivity contribution is 4.73. The lowest BCUT2D eigenvalue weighted by atomic mass is 9.84. The van der Waals surface area contributed by atoms with E-state index in [1.165, 1.54) is 103 Å². The molecule has 0 radical (unpaired) electrons. The molecule has 2 heteroatoms. The lowest BCUT2D eigenvalue weighted by Crippen LogP contribution is -2.36. The Hall–Kier alpha value is -0.0800. The third-order valence-electron chi connectivity index (χ3n) is 5.23. The van der Waals surface area contributed by atoms with Crippen molar-refractivity contribution < 1.29 is 0 Å². The fraction of sp³-hybridized carbons (Fsp3) is 1.00. The van der Waals surface area contributed by atoms with Crippen molar-refractivity contribution in [1.29, 1.82) is 0 Å². The Morgan fingerprint density at radius 2 is 1.43 bits per heavy atom. The molecule has 0 aromatic heterocycles. The lowest BCUT2D eigenvalue weighted by Gasteiger charge is -2.26. The summed E-state index contributed by atoms with van der Waals surface area (Å²) >= 11 is 0. The second-order valence-corrected chi connectivity index (χ2v) is 7.22. The van der Waals surface area contributed by atoms with Gasteiger partial charge in [-0.05, 0) is 18.8 Å². The van der Waals surface area contributed by atoms with E-state index in [-0.39, 0.29) is 0 Å². The van der Waals surface area contributed by atoms with Gasteiger partial charge < -0.3 is 0 Å². The molecule has 126 valence electrons. The van der Waals surface area contributed by atoms with Crippen LogP contribution >= 0.6 is 0 Å². The molecule has 0 aromatic carbocycles. The Labute approximate surface area is 133 Å². The van der Waals surface area contributed by atoms with Gasteiger partial charge in [0, 0.05) is 6.04 Å². The van der Waals surface area contributed by atoms with E-state index in [2.05, 4.69) is 12.3 Å². The number of hydrogen-bond donors (Lipinski definition) is 2. The minimum absolute atomic E-state index is 0.567. The third-order valence-corrected chi connectivity index (χ3v) is 5.23. The van der Waals surface area contributed by atoms with E-state index in [4.69, 9.17) is 5.84 Å². The number of nitrogens with one attached hydrogen (secondary N) is 1. The first-order valence-corrected chi connectivity index (χ1v) is 9.83. The minimum Gasteiger partial charge on any atom is -0.271 e. The molecular weight excluding hydrogens is 256 g/mol. The maximum absolute atomic E-state index is 5.75. The van der Waals surface area contributed by atoms with E-state index < -0.39 is 0 Å². The van der Waals surface area contributed by atoms with E-state index in [0.29, 0.717) is 6.04 Å². The van der Waals surface area contributed by atoms with Crippen LogP contribution in [0.4, 0.5) is 0 Å². The number of hydrazine groups is 1. The average Bonchev–Trinajstić information content (AvgIpc) is 2.53. The summed E-state index contributed by atoms with van der Waals surface area (Å²) in [6.45, 7) is 2.29. The average molecular weight is 297 g/mol. The van der Waals surface area contributed by atoms with Crippen molar-refractivity contribution in [3.05, 3.63) is 0 Å². The molecule has 1 saturated carbocycles. The number of nitrogens with two attached hydrogens (primary N) is 1. The molecule has 0 bridgehead atoms. The molecular formula is C19H40N2. The van der Waals surface area contributed by atoms with Crippen LogP contribution in [0.5, 0.6) is 0 Å². The van der Waals surface area contributed by atoms with Crippen molar-refractivity contribution >= 4 is 0 Å². The summed E-state index contributed by atoms with van der Waals surface area (Å²) in [5.74, 6) is 6.69. The highest BCUT2D eigenvalue weighted by atomic mass is 15.2. The Morgan fingerprint density at radius 1 is 0.857 bits per heavy atom. The molecule has 21 heavy (non-hydrogen) atoms. The zero-order valence-electron chi connectivity index (χ0n) is 14.5. The van der Waals surface area contributed by atoms with Crippen molar-refractivity contribution in [3.8, 4) is 0 Å². The van der Waals surface area contributed by atoms with Gasteiger partial charge >= 0.3 is 0 Å². The van der Waals surface area contributed by atoms with Crippen LogP contribution < -0.4 is 11.3 Å². The second-order valence-electron chi connectivity index (χ2n) is 7.22. The molecule has 3 N–H and O–H groups in total. The van der Waals surface area contributed by atoms with Crippen LogP contribution in [0.3, 0.4) is 0 Å². The summed E-state index contributed by atoms with van der Waals surface area (Å²) in [6, 6.07) is 0.567. The highest BCUT2D eigenvalue weighted by Crippen LogP contribution is 2.28. The second kappa shape index (κ2) is 13.6. The summed E-state index contributed by atoms with van der Waals surface area (Å²) in [4.78, 5) is 0. The molecule has 1 atom stereocenters. The number of unbranched alkanes of at least 4 members (excludes halogenated alkanes) is 8. The standard InChI is InChI=1S/C19H40N2/c1-2-3-4-5-6-7-8-9-13-16-19(21-20)17-18-14-11-10-12-15-18/h18-19,21H,2-17,20H2,1H3.